The Labute approximate surface area is 199 Å². The molecule has 1 amide bonds. The summed E-state index contributed by atoms with van der Waals surface area (Å²) in [4.78, 5) is 35.3. The fourth-order valence-corrected chi connectivity index (χ4v) is 3.89. The van der Waals surface area contributed by atoms with Crippen LogP contribution in [0, 0.1) is 0 Å². The number of fused-ring (bicyclic) bond motifs is 1. The Morgan fingerprint density at radius 3 is 2.53 bits per heavy atom. The van der Waals surface area contributed by atoms with Crippen LogP contribution in [-0.2, 0) is 19.1 Å². The molecule has 0 spiro atoms. The second-order valence-electron chi connectivity index (χ2n) is 7.68. The Morgan fingerprint density at radius 1 is 1.12 bits per heavy atom. The van der Waals surface area contributed by atoms with E-state index in [0.29, 0.717) is 59.6 Å². The average molecular weight is 486 g/mol. The average Bonchev–Trinajstić information content (AvgIpc) is 3.15. The first kappa shape index (κ1) is 26.4. The molecule has 0 bridgehead atoms. The number of esters is 1. The Morgan fingerprint density at radius 2 is 1.84 bits per heavy atom. The number of imidazole rings is 1. The number of amides is 1. The van der Waals surface area contributed by atoms with Crippen LogP contribution in [-0.4, -0.2) is 60.2 Å². The standard InChI is InChI=1S/C23H33Cl2N3O4/c1-4-6-7-11-28(12-8-13-31-3)23(30)16(9-10-21(29)32-5-2)22-26-19-14-17(24)18(25)15-20(19)27-22/h14-16H,4-13H2,1-3H3,(H,26,27). The van der Waals surface area contributed by atoms with E-state index in [4.69, 9.17) is 32.7 Å². The Kier molecular flexibility index (Phi) is 11.3. The van der Waals surface area contributed by atoms with E-state index in [1.807, 2.05) is 4.90 Å². The monoisotopic (exact) mass is 485 g/mol. The molecule has 0 aliphatic heterocycles. The summed E-state index contributed by atoms with van der Waals surface area (Å²) < 4.78 is 10.2. The maximum Gasteiger partial charge on any atom is 0.305 e. The third kappa shape index (κ3) is 7.64. The molecular formula is C23H33Cl2N3O4. The number of carbonyl (C=O) groups excluding carboxylic acids is 2. The van der Waals surface area contributed by atoms with E-state index in [-0.39, 0.29) is 18.3 Å². The quantitative estimate of drug-likeness (QED) is 0.287. The van der Waals surface area contributed by atoms with Crippen LogP contribution in [0.15, 0.2) is 12.1 Å². The van der Waals surface area contributed by atoms with Gasteiger partial charge >= 0.3 is 5.97 Å². The molecule has 1 atom stereocenters. The van der Waals surface area contributed by atoms with Crippen LogP contribution in [0.3, 0.4) is 0 Å². The van der Waals surface area contributed by atoms with E-state index in [2.05, 4.69) is 16.9 Å². The highest BCUT2D eigenvalue weighted by Gasteiger charge is 2.29. The molecular weight excluding hydrogens is 453 g/mol. The van der Waals surface area contributed by atoms with Crippen molar-refractivity contribution in [3.8, 4) is 0 Å². The van der Waals surface area contributed by atoms with Gasteiger partial charge in [-0.15, -0.1) is 0 Å². The largest absolute Gasteiger partial charge is 0.466 e. The second-order valence-corrected chi connectivity index (χ2v) is 8.49. The van der Waals surface area contributed by atoms with Crippen LogP contribution < -0.4 is 0 Å². The molecule has 1 heterocycles. The van der Waals surface area contributed by atoms with E-state index < -0.39 is 5.92 Å². The number of hydrogen-bond donors (Lipinski definition) is 1. The molecule has 2 aromatic rings. The molecule has 178 valence electrons. The van der Waals surface area contributed by atoms with Gasteiger partial charge in [-0.05, 0) is 38.3 Å². The number of aromatic nitrogens is 2. The summed E-state index contributed by atoms with van der Waals surface area (Å²) in [5.74, 6) is -0.490. The van der Waals surface area contributed by atoms with Gasteiger partial charge in [0, 0.05) is 33.2 Å². The fraction of sp³-hybridized carbons (Fsp3) is 0.609. The SMILES string of the molecule is CCCCCN(CCCOC)C(=O)C(CCC(=O)OCC)c1nc2cc(Cl)c(Cl)cc2[nH]1. The van der Waals surface area contributed by atoms with E-state index in [0.717, 1.165) is 25.7 Å². The number of methoxy groups -OCH3 is 1. The fourth-order valence-electron chi connectivity index (χ4n) is 3.57. The second kappa shape index (κ2) is 13.7. The topological polar surface area (TPSA) is 84.5 Å². The van der Waals surface area contributed by atoms with Crippen molar-refractivity contribution in [3.63, 3.8) is 0 Å². The lowest BCUT2D eigenvalue weighted by atomic mass is 10.00. The van der Waals surface area contributed by atoms with Gasteiger partial charge in [-0.3, -0.25) is 9.59 Å². The van der Waals surface area contributed by atoms with Gasteiger partial charge in [0.25, 0.3) is 0 Å². The number of ether oxygens (including phenoxy) is 2. The molecule has 32 heavy (non-hydrogen) atoms. The molecule has 9 heteroatoms. The van der Waals surface area contributed by atoms with Crippen LogP contribution in [0.25, 0.3) is 11.0 Å². The number of benzene rings is 1. The lowest BCUT2D eigenvalue weighted by molar-refractivity contribution is -0.143. The van der Waals surface area contributed by atoms with Crippen LogP contribution in [0.1, 0.15) is 64.1 Å². The smallest absolute Gasteiger partial charge is 0.305 e. The minimum absolute atomic E-state index is 0.0576. The molecule has 1 aromatic heterocycles. The predicted octanol–water partition coefficient (Wildman–Crippen LogP) is 5.35. The highest BCUT2D eigenvalue weighted by molar-refractivity contribution is 6.42. The van der Waals surface area contributed by atoms with Crippen molar-refractivity contribution in [3.05, 3.63) is 28.0 Å². The third-order valence-corrected chi connectivity index (χ3v) is 5.95. The zero-order valence-electron chi connectivity index (χ0n) is 19.1. The van der Waals surface area contributed by atoms with Crippen molar-refractivity contribution < 1.29 is 19.1 Å². The number of rotatable bonds is 14. The minimum Gasteiger partial charge on any atom is -0.466 e. The number of nitrogens with zero attached hydrogens (tertiary/aromatic N) is 2. The van der Waals surface area contributed by atoms with Gasteiger partial charge in [-0.1, -0.05) is 43.0 Å². The number of carbonyl (C=O) groups is 2. The normalized spacial score (nSPS) is 12.2. The Balaban J connectivity index is 2.32. The van der Waals surface area contributed by atoms with Crippen molar-refractivity contribution in [1.82, 2.24) is 14.9 Å². The molecule has 0 fully saturated rings. The zero-order chi connectivity index (χ0) is 23.5. The molecule has 0 aliphatic rings. The van der Waals surface area contributed by atoms with Gasteiger partial charge in [0.2, 0.25) is 5.91 Å². The Bertz CT molecular complexity index is 838. The third-order valence-electron chi connectivity index (χ3n) is 5.23. The van der Waals surface area contributed by atoms with Crippen molar-refractivity contribution in [2.75, 3.05) is 33.4 Å². The van der Waals surface area contributed by atoms with Gasteiger partial charge < -0.3 is 19.4 Å². The summed E-state index contributed by atoms with van der Waals surface area (Å²) >= 11 is 12.3. The predicted molar refractivity (Wildman–Crippen MR) is 127 cm³/mol. The number of hydrogen-bond acceptors (Lipinski definition) is 5. The van der Waals surface area contributed by atoms with Crippen LogP contribution in [0.5, 0.6) is 0 Å². The first-order chi connectivity index (χ1) is 15.4. The Hall–Kier alpha value is -1.83. The molecule has 0 aliphatic carbocycles. The number of H-pyrrole nitrogens is 1. The molecule has 0 radical (unpaired) electrons. The van der Waals surface area contributed by atoms with Crippen LogP contribution in [0.2, 0.25) is 10.0 Å². The summed E-state index contributed by atoms with van der Waals surface area (Å²) in [5.41, 5.74) is 1.32. The van der Waals surface area contributed by atoms with Gasteiger partial charge in [-0.2, -0.15) is 0 Å². The summed E-state index contributed by atoms with van der Waals surface area (Å²) in [5, 5.41) is 0.803. The minimum atomic E-state index is -0.603. The molecule has 1 N–H and O–H groups in total. The first-order valence-corrected chi connectivity index (χ1v) is 11.9. The van der Waals surface area contributed by atoms with Crippen molar-refractivity contribution >= 4 is 46.1 Å². The number of aromatic amines is 1. The highest BCUT2D eigenvalue weighted by atomic mass is 35.5. The first-order valence-electron chi connectivity index (χ1n) is 11.2. The van der Waals surface area contributed by atoms with E-state index in [1.54, 1.807) is 26.2 Å². The van der Waals surface area contributed by atoms with E-state index in [9.17, 15) is 9.59 Å². The summed E-state index contributed by atoms with van der Waals surface area (Å²) in [7, 11) is 1.65. The number of unbranched alkanes of at least 4 members (excludes halogenated alkanes) is 2. The van der Waals surface area contributed by atoms with Gasteiger partial charge in [0.05, 0.1) is 33.6 Å². The van der Waals surface area contributed by atoms with Gasteiger partial charge in [0.15, 0.2) is 0 Å². The number of halogens is 2. The van der Waals surface area contributed by atoms with Gasteiger partial charge in [-0.25, -0.2) is 4.98 Å². The zero-order valence-corrected chi connectivity index (χ0v) is 20.6. The van der Waals surface area contributed by atoms with Crippen LogP contribution in [0.4, 0.5) is 0 Å². The van der Waals surface area contributed by atoms with E-state index in [1.165, 1.54) is 0 Å². The highest BCUT2D eigenvalue weighted by Crippen LogP contribution is 2.30. The van der Waals surface area contributed by atoms with E-state index >= 15 is 0 Å². The van der Waals surface area contributed by atoms with Crippen LogP contribution >= 0.6 is 23.2 Å². The maximum atomic E-state index is 13.6. The summed E-state index contributed by atoms with van der Waals surface area (Å²) in [6, 6.07) is 3.36. The summed E-state index contributed by atoms with van der Waals surface area (Å²) in [6.45, 7) is 6.02. The number of nitrogens with one attached hydrogen (secondary N) is 1. The molecule has 1 unspecified atom stereocenters. The van der Waals surface area contributed by atoms with Crippen molar-refractivity contribution in [2.24, 2.45) is 0 Å². The molecule has 1 aromatic carbocycles. The van der Waals surface area contributed by atoms with Gasteiger partial charge in [0.1, 0.15) is 5.82 Å². The lowest BCUT2D eigenvalue weighted by Gasteiger charge is -2.27. The molecule has 0 saturated heterocycles. The molecule has 0 saturated carbocycles. The molecule has 7 nitrogen and oxygen atoms in total. The summed E-state index contributed by atoms with van der Waals surface area (Å²) in [6.07, 6.45) is 4.20. The van der Waals surface area contributed by atoms with Crippen molar-refractivity contribution in [2.45, 2.75) is 58.3 Å². The lowest BCUT2D eigenvalue weighted by Crippen LogP contribution is -2.37. The maximum absolute atomic E-state index is 13.6. The molecule has 2 rings (SSSR count). The van der Waals surface area contributed by atoms with Crippen molar-refractivity contribution in [1.29, 1.82) is 0 Å².